The molecule has 1 saturated heterocycles. The number of carbonyl (C=O) groups excluding carboxylic acids is 1. The maximum absolute atomic E-state index is 13.7. The number of ether oxygens (including phenoxy) is 2. The van der Waals surface area contributed by atoms with Crippen LogP contribution in [0.3, 0.4) is 0 Å². The van der Waals surface area contributed by atoms with E-state index in [0.29, 0.717) is 38.5 Å². The summed E-state index contributed by atoms with van der Waals surface area (Å²) in [6.07, 6.45) is 0.219. The molecule has 202 valence electrons. The first-order valence-electron chi connectivity index (χ1n) is 12.5. The molecule has 0 saturated carbocycles. The number of para-hydroxylation sites is 2. The topological polar surface area (TPSA) is 88.2 Å². The van der Waals surface area contributed by atoms with Gasteiger partial charge in [0.15, 0.2) is 0 Å². The van der Waals surface area contributed by atoms with Crippen LogP contribution in [0.25, 0.3) is 0 Å². The van der Waals surface area contributed by atoms with E-state index in [2.05, 4.69) is 9.62 Å². The van der Waals surface area contributed by atoms with E-state index in [-0.39, 0.29) is 22.2 Å². The molecule has 0 radical (unpaired) electrons. The molecule has 1 atom stereocenters. The van der Waals surface area contributed by atoms with Crippen molar-refractivity contribution >= 4 is 33.2 Å². The van der Waals surface area contributed by atoms with Crippen LogP contribution in [0.15, 0.2) is 77.7 Å². The molecule has 1 aliphatic heterocycles. The fourth-order valence-electron chi connectivity index (χ4n) is 4.48. The highest BCUT2D eigenvalue weighted by Gasteiger charge is 2.32. The lowest BCUT2D eigenvalue weighted by Gasteiger charge is -2.38. The van der Waals surface area contributed by atoms with Crippen molar-refractivity contribution in [2.24, 2.45) is 0 Å². The average Bonchev–Trinajstić information content (AvgIpc) is 2.94. The van der Waals surface area contributed by atoms with Gasteiger partial charge in [0.2, 0.25) is 15.9 Å². The summed E-state index contributed by atoms with van der Waals surface area (Å²) in [7, 11) is -2.41. The summed E-state index contributed by atoms with van der Waals surface area (Å²) in [6, 6.07) is 20.4. The zero-order valence-corrected chi connectivity index (χ0v) is 23.0. The molecule has 0 aromatic heterocycles. The molecule has 1 fully saturated rings. The summed E-state index contributed by atoms with van der Waals surface area (Å²) in [5.74, 6) is 0.906. The molecular weight excluding hydrogens is 526 g/mol. The second-order valence-corrected chi connectivity index (χ2v) is 11.0. The SMILES string of the molecule is CCOc1ccc(S(=O)(=O)N[C@@H](Cc2ccccc2)C(=O)N2CCN(c3ccccc3OC)CC2)cc1Cl. The number of halogens is 1. The maximum atomic E-state index is 13.7. The number of sulfonamides is 1. The summed E-state index contributed by atoms with van der Waals surface area (Å²) < 4.78 is 40.2. The molecule has 1 aliphatic rings. The summed E-state index contributed by atoms with van der Waals surface area (Å²) in [6.45, 7) is 4.34. The zero-order chi connectivity index (χ0) is 27.1. The predicted octanol–water partition coefficient (Wildman–Crippen LogP) is 3.99. The molecule has 1 N–H and O–H groups in total. The number of carbonyl (C=O) groups is 1. The summed E-state index contributed by atoms with van der Waals surface area (Å²) in [5, 5.41) is 0.188. The fraction of sp³-hybridized carbons (Fsp3) is 0.321. The number of benzene rings is 3. The highest BCUT2D eigenvalue weighted by atomic mass is 35.5. The van der Waals surface area contributed by atoms with Gasteiger partial charge >= 0.3 is 0 Å². The number of nitrogens with one attached hydrogen (secondary N) is 1. The monoisotopic (exact) mass is 557 g/mol. The van der Waals surface area contributed by atoms with Crippen molar-refractivity contribution in [3.05, 3.63) is 83.4 Å². The first-order chi connectivity index (χ1) is 18.3. The smallest absolute Gasteiger partial charge is 0.241 e. The molecule has 0 spiro atoms. The third kappa shape index (κ3) is 6.59. The van der Waals surface area contributed by atoms with Crippen LogP contribution in [0, 0.1) is 0 Å². The molecule has 10 heteroatoms. The lowest BCUT2D eigenvalue weighted by atomic mass is 10.1. The van der Waals surface area contributed by atoms with Crippen molar-refractivity contribution < 1.29 is 22.7 Å². The molecule has 4 rings (SSSR count). The van der Waals surface area contributed by atoms with E-state index < -0.39 is 16.1 Å². The quantitative estimate of drug-likeness (QED) is 0.406. The minimum Gasteiger partial charge on any atom is -0.495 e. The molecule has 0 aliphatic carbocycles. The van der Waals surface area contributed by atoms with Crippen molar-refractivity contribution in [1.82, 2.24) is 9.62 Å². The van der Waals surface area contributed by atoms with E-state index in [9.17, 15) is 13.2 Å². The molecule has 3 aromatic rings. The van der Waals surface area contributed by atoms with Gasteiger partial charge in [0.05, 0.1) is 29.3 Å². The fourth-order valence-corrected chi connectivity index (χ4v) is 6.00. The molecule has 1 amide bonds. The minimum absolute atomic E-state index is 0.0298. The Morgan fingerprint density at radius 1 is 0.974 bits per heavy atom. The first-order valence-corrected chi connectivity index (χ1v) is 14.3. The Labute approximate surface area is 229 Å². The number of hydrogen-bond donors (Lipinski definition) is 1. The van der Waals surface area contributed by atoms with Crippen LogP contribution in [0.1, 0.15) is 12.5 Å². The van der Waals surface area contributed by atoms with Gasteiger partial charge in [-0.15, -0.1) is 0 Å². The van der Waals surface area contributed by atoms with E-state index in [1.165, 1.54) is 18.2 Å². The van der Waals surface area contributed by atoms with Crippen LogP contribution < -0.4 is 19.1 Å². The standard InChI is InChI=1S/C28H32ClN3O5S/c1-3-37-26-14-13-22(20-23(26)29)38(34,35)30-24(19-21-9-5-4-6-10-21)28(33)32-17-15-31(16-18-32)25-11-7-8-12-27(25)36-2/h4-14,20,24,30H,3,15-19H2,1-2H3/t24-/m0/s1. The second kappa shape index (κ2) is 12.5. The molecule has 0 unspecified atom stereocenters. The number of amides is 1. The van der Waals surface area contributed by atoms with E-state index >= 15 is 0 Å². The number of piperazine rings is 1. The normalized spacial score (nSPS) is 14.7. The molecule has 3 aromatic carbocycles. The lowest BCUT2D eigenvalue weighted by molar-refractivity contribution is -0.133. The van der Waals surface area contributed by atoms with Gasteiger partial charge in [-0.25, -0.2) is 8.42 Å². The van der Waals surface area contributed by atoms with Gasteiger partial charge in [0.1, 0.15) is 17.5 Å². The van der Waals surface area contributed by atoms with E-state index in [0.717, 1.165) is 17.0 Å². The molecule has 8 nitrogen and oxygen atoms in total. The molecule has 0 bridgehead atoms. The Morgan fingerprint density at radius 3 is 2.32 bits per heavy atom. The van der Waals surface area contributed by atoms with Crippen molar-refractivity contribution in [2.75, 3.05) is 44.8 Å². The van der Waals surface area contributed by atoms with Crippen molar-refractivity contribution in [2.45, 2.75) is 24.3 Å². The third-order valence-electron chi connectivity index (χ3n) is 6.41. The third-order valence-corrected chi connectivity index (χ3v) is 8.17. The zero-order valence-electron chi connectivity index (χ0n) is 21.5. The van der Waals surface area contributed by atoms with Crippen LogP contribution >= 0.6 is 11.6 Å². The van der Waals surface area contributed by atoms with Gasteiger partial charge in [0, 0.05) is 26.2 Å². The number of hydrogen-bond acceptors (Lipinski definition) is 6. The molecule has 38 heavy (non-hydrogen) atoms. The Balaban J connectivity index is 1.52. The van der Waals surface area contributed by atoms with Crippen LogP contribution in [0.5, 0.6) is 11.5 Å². The van der Waals surface area contributed by atoms with Gasteiger partial charge in [-0.2, -0.15) is 4.72 Å². The van der Waals surface area contributed by atoms with Crippen molar-refractivity contribution in [1.29, 1.82) is 0 Å². The minimum atomic E-state index is -4.04. The van der Waals surface area contributed by atoms with Gasteiger partial charge in [-0.3, -0.25) is 4.79 Å². The highest BCUT2D eigenvalue weighted by Crippen LogP contribution is 2.29. The predicted molar refractivity (Wildman–Crippen MR) is 149 cm³/mol. The van der Waals surface area contributed by atoms with E-state index in [1.807, 2.05) is 61.5 Å². The number of nitrogens with zero attached hydrogens (tertiary/aromatic N) is 2. The summed E-state index contributed by atoms with van der Waals surface area (Å²) in [5.41, 5.74) is 1.82. The van der Waals surface area contributed by atoms with Gasteiger partial charge in [-0.05, 0) is 49.2 Å². The maximum Gasteiger partial charge on any atom is 0.241 e. The first kappa shape index (κ1) is 27.8. The van der Waals surface area contributed by atoms with Crippen LogP contribution in [-0.4, -0.2) is 65.2 Å². The second-order valence-electron chi connectivity index (χ2n) is 8.87. The van der Waals surface area contributed by atoms with Gasteiger partial charge < -0.3 is 19.3 Å². The number of methoxy groups -OCH3 is 1. The van der Waals surface area contributed by atoms with Gasteiger partial charge in [-0.1, -0.05) is 54.1 Å². The van der Waals surface area contributed by atoms with Crippen LogP contribution in [0.4, 0.5) is 5.69 Å². The van der Waals surface area contributed by atoms with Crippen molar-refractivity contribution in [3.8, 4) is 11.5 Å². The number of rotatable bonds is 10. The Morgan fingerprint density at radius 2 is 1.66 bits per heavy atom. The molecular formula is C28H32ClN3O5S. The van der Waals surface area contributed by atoms with Crippen LogP contribution in [0.2, 0.25) is 5.02 Å². The summed E-state index contributed by atoms with van der Waals surface area (Å²) >= 11 is 6.24. The Kier molecular flexibility index (Phi) is 9.14. The Hall–Kier alpha value is -3.27. The highest BCUT2D eigenvalue weighted by molar-refractivity contribution is 7.89. The Bertz CT molecular complexity index is 1350. The van der Waals surface area contributed by atoms with Crippen molar-refractivity contribution in [3.63, 3.8) is 0 Å². The number of anilines is 1. The molecule has 1 heterocycles. The average molecular weight is 558 g/mol. The van der Waals surface area contributed by atoms with E-state index in [4.69, 9.17) is 21.1 Å². The van der Waals surface area contributed by atoms with Gasteiger partial charge in [0.25, 0.3) is 0 Å². The van der Waals surface area contributed by atoms with Crippen LogP contribution in [-0.2, 0) is 21.2 Å². The largest absolute Gasteiger partial charge is 0.495 e. The summed E-state index contributed by atoms with van der Waals surface area (Å²) in [4.78, 5) is 17.5. The lowest BCUT2D eigenvalue weighted by Crippen LogP contribution is -2.55. The van der Waals surface area contributed by atoms with E-state index in [1.54, 1.807) is 12.0 Å².